The van der Waals surface area contributed by atoms with E-state index >= 15 is 0 Å². The maximum absolute atomic E-state index is 13.7. The van der Waals surface area contributed by atoms with E-state index in [1.165, 1.54) is 13.3 Å². The van der Waals surface area contributed by atoms with Crippen LogP contribution < -0.4 is 14.8 Å². The molecule has 0 bridgehead atoms. The summed E-state index contributed by atoms with van der Waals surface area (Å²) < 4.78 is 24.5. The number of hydrogen-bond acceptors (Lipinski definition) is 6. The van der Waals surface area contributed by atoms with Crippen LogP contribution in [0.1, 0.15) is 10.4 Å². The second-order valence-corrected chi connectivity index (χ2v) is 6.18. The Morgan fingerprint density at radius 3 is 2.78 bits per heavy atom. The number of nitrogens with one attached hydrogen (secondary N) is 1. The molecule has 3 rings (SSSR count). The standard InChI is InChI=1S/C19H16FN3O3S/c1-25-19-16(7-4-8-21-19)23-17(24)15-9-12(20)11-22-18(15)26-13-5-3-6-14(10-13)27-2/h3-11H,1-2H3,(H,23,24). The number of nitrogens with zero attached hydrogens (tertiary/aromatic N) is 2. The molecule has 1 amide bonds. The summed E-state index contributed by atoms with van der Waals surface area (Å²) in [4.78, 5) is 21.6. The van der Waals surface area contributed by atoms with Crippen molar-refractivity contribution in [3.63, 3.8) is 0 Å². The van der Waals surface area contributed by atoms with Crippen molar-refractivity contribution in [3.05, 3.63) is 66.2 Å². The van der Waals surface area contributed by atoms with Gasteiger partial charge in [-0.25, -0.2) is 14.4 Å². The van der Waals surface area contributed by atoms with E-state index in [2.05, 4.69) is 15.3 Å². The highest BCUT2D eigenvalue weighted by Crippen LogP contribution is 2.28. The van der Waals surface area contributed by atoms with Gasteiger partial charge < -0.3 is 14.8 Å². The number of anilines is 1. The van der Waals surface area contributed by atoms with Gasteiger partial charge in [-0.05, 0) is 42.7 Å². The minimum Gasteiger partial charge on any atom is -0.480 e. The minimum absolute atomic E-state index is 0.00462. The van der Waals surface area contributed by atoms with Crippen LogP contribution >= 0.6 is 11.8 Å². The van der Waals surface area contributed by atoms with E-state index in [1.807, 2.05) is 24.5 Å². The summed E-state index contributed by atoms with van der Waals surface area (Å²) in [5.41, 5.74) is 0.306. The summed E-state index contributed by atoms with van der Waals surface area (Å²) in [5.74, 6) is -0.512. The average molecular weight is 385 g/mol. The first-order valence-electron chi connectivity index (χ1n) is 7.88. The molecule has 27 heavy (non-hydrogen) atoms. The summed E-state index contributed by atoms with van der Waals surface area (Å²) in [5, 5.41) is 2.64. The van der Waals surface area contributed by atoms with Crippen molar-refractivity contribution >= 4 is 23.4 Å². The van der Waals surface area contributed by atoms with Crippen molar-refractivity contribution in [2.24, 2.45) is 0 Å². The average Bonchev–Trinajstić information content (AvgIpc) is 2.70. The number of hydrogen-bond donors (Lipinski definition) is 1. The lowest BCUT2D eigenvalue weighted by Crippen LogP contribution is -2.15. The number of methoxy groups -OCH3 is 1. The highest BCUT2D eigenvalue weighted by molar-refractivity contribution is 7.98. The van der Waals surface area contributed by atoms with Crippen LogP contribution in [0.25, 0.3) is 0 Å². The number of pyridine rings is 2. The molecule has 1 aromatic carbocycles. The molecule has 8 heteroatoms. The smallest absolute Gasteiger partial charge is 0.261 e. The molecule has 0 aliphatic heterocycles. The van der Waals surface area contributed by atoms with E-state index in [9.17, 15) is 9.18 Å². The Labute approximate surface area is 159 Å². The third kappa shape index (κ3) is 4.53. The molecule has 1 N–H and O–H groups in total. The van der Waals surface area contributed by atoms with Crippen molar-refractivity contribution < 1.29 is 18.7 Å². The first kappa shape index (κ1) is 18.7. The van der Waals surface area contributed by atoms with Gasteiger partial charge in [0.05, 0.1) is 13.3 Å². The summed E-state index contributed by atoms with van der Waals surface area (Å²) in [6.45, 7) is 0. The Morgan fingerprint density at radius 2 is 2.00 bits per heavy atom. The largest absolute Gasteiger partial charge is 0.480 e. The second kappa shape index (κ2) is 8.50. The molecule has 2 heterocycles. The Hall–Kier alpha value is -3.13. The summed E-state index contributed by atoms with van der Waals surface area (Å²) in [6.07, 6.45) is 4.47. The molecule has 0 fully saturated rings. The summed E-state index contributed by atoms with van der Waals surface area (Å²) in [7, 11) is 1.44. The molecule has 0 spiro atoms. The van der Waals surface area contributed by atoms with E-state index in [0.717, 1.165) is 17.2 Å². The zero-order chi connectivity index (χ0) is 19.2. The number of amides is 1. The van der Waals surface area contributed by atoms with Crippen LogP contribution in [-0.4, -0.2) is 29.2 Å². The third-order valence-electron chi connectivity index (χ3n) is 3.53. The van der Waals surface area contributed by atoms with Crippen LogP contribution in [0, 0.1) is 5.82 Å². The number of rotatable bonds is 6. The van der Waals surface area contributed by atoms with Crippen LogP contribution in [0.3, 0.4) is 0 Å². The van der Waals surface area contributed by atoms with E-state index in [4.69, 9.17) is 9.47 Å². The number of carbonyl (C=O) groups excluding carboxylic acids is 1. The fourth-order valence-corrected chi connectivity index (χ4v) is 2.73. The quantitative estimate of drug-likeness (QED) is 0.635. The molecule has 0 aliphatic rings. The molecule has 0 atom stereocenters. The molecule has 3 aromatic rings. The van der Waals surface area contributed by atoms with Gasteiger partial charge in [0.1, 0.15) is 22.8 Å². The van der Waals surface area contributed by atoms with Gasteiger partial charge >= 0.3 is 0 Å². The molecule has 0 saturated carbocycles. The van der Waals surface area contributed by atoms with Gasteiger partial charge in [-0.15, -0.1) is 11.8 Å². The van der Waals surface area contributed by atoms with Gasteiger partial charge in [0.15, 0.2) is 0 Å². The molecular weight excluding hydrogens is 369 g/mol. The van der Waals surface area contributed by atoms with Crippen molar-refractivity contribution in [3.8, 4) is 17.5 Å². The first-order valence-corrected chi connectivity index (χ1v) is 9.11. The number of benzene rings is 1. The van der Waals surface area contributed by atoms with Gasteiger partial charge in [0.25, 0.3) is 5.91 Å². The number of ether oxygens (including phenoxy) is 2. The normalized spacial score (nSPS) is 10.3. The Kier molecular flexibility index (Phi) is 5.87. The maximum atomic E-state index is 13.7. The molecule has 0 saturated heterocycles. The van der Waals surface area contributed by atoms with E-state index in [1.54, 1.807) is 30.0 Å². The Morgan fingerprint density at radius 1 is 1.15 bits per heavy atom. The highest BCUT2D eigenvalue weighted by atomic mass is 32.2. The highest BCUT2D eigenvalue weighted by Gasteiger charge is 2.18. The zero-order valence-corrected chi connectivity index (χ0v) is 15.4. The SMILES string of the molecule is COc1ncccc1NC(=O)c1cc(F)cnc1Oc1cccc(SC)c1. The monoisotopic (exact) mass is 385 g/mol. The summed E-state index contributed by atoms with van der Waals surface area (Å²) in [6, 6.07) is 11.6. The van der Waals surface area contributed by atoms with E-state index in [0.29, 0.717) is 11.4 Å². The Bertz CT molecular complexity index is 968. The first-order chi connectivity index (χ1) is 13.1. The van der Waals surface area contributed by atoms with Crippen LogP contribution in [0.4, 0.5) is 10.1 Å². The summed E-state index contributed by atoms with van der Waals surface area (Å²) >= 11 is 1.55. The van der Waals surface area contributed by atoms with Gasteiger partial charge in [0, 0.05) is 11.1 Å². The molecule has 6 nitrogen and oxygen atoms in total. The van der Waals surface area contributed by atoms with Crippen molar-refractivity contribution in [2.75, 3.05) is 18.7 Å². The molecule has 138 valence electrons. The predicted octanol–water partition coefficient (Wildman–Crippen LogP) is 4.39. The minimum atomic E-state index is -0.650. The second-order valence-electron chi connectivity index (χ2n) is 5.30. The lowest BCUT2D eigenvalue weighted by atomic mass is 10.2. The van der Waals surface area contributed by atoms with Crippen molar-refractivity contribution in [1.82, 2.24) is 9.97 Å². The number of halogens is 1. The number of thioether (sulfide) groups is 1. The zero-order valence-electron chi connectivity index (χ0n) is 14.6. The lowest BCUT2D eigenvalue weighted by molar-refractivity contribution is 0.102. The number of carbonyl (C=O) groups is 1. The molecule has 2 aromatic heterocycles. The van der Waals surface area contributed by atoms with Gasteiger partial charge in [-0.3, -0.25) is 4.79 Å². The maximum Gasteiger partial charge on any atom is 0.261 e. The van der Waals surface area contributed by atoms with Crippen molar-refractivity contribution in [1.29, 1.82) is 0 Å². The van der Waals surface area contributed by atoms with Crippen molar-refractivity contribution in [2.45, 2.75) is 4.90 Å². The van der Waals surface area contributed by atoms with Gasteiger partial charge in [-0.1, -0.05) is 6.07 Å². The predicted molar refractivity (Wildman–Crippen MR) is 101 cm³/mol. The van der Waals surface area contributed by atoms with Crippen LogP contribution in [0.5, 0.6) is 17.5 Å². The van der Waals surface area contributed by atoms with Crippen LogP contribution in [0.2, 0.25) is 0 Å². The van der Waals surface area contributed by atoms with Gasteiger partial charge in [-0.2, -0.15) is 0 Å². The number of aromatic nitrogens is 2. The third-order valence-corrected chi connectivity index (χ3v) is 4.26. The van der Waals surface area contributed by atoms with Gasteiger partial charge in [0.2, 0.25) is 11.8 Å². The topological polar surface area (TPSA) is 73.3 Å². The fourth-order valence-electron chi connectivity index (χ4n) is 2.29. The molecular formula is C19H16FN3O3S. The van der Waals surface area contributed by atoms with Crippen LogP contribution in [0.15, 0.2) is 59.8 Å². The molecule has 0 unspecified atom stereocenters. The molecule has 0 radical (unpaired) electrons. The van der Waals surface area contributed by atoms with E-state index < -0.39 is 11.7 Å². The van der Waals surface area contributed by atoms with Crippen LogP contribution in [-0.2, 0) is 0 Å². The van der Waals surface area contributed by atoms with E-state index in [-0.39, 0.29) is 17.3 Å². The lowest BCUT2D eigenvalue weighted by Gasteiger charge is -2.12. The fraction of sp³-hybridized carbons (Fsp3) is 0.105. The molecule has 0 aliphatic carbocycles. The Balaban J connectivity index is 1.90.